The Morgan fingerprint density at radius 1 is 1.30 bits per heavy atom. The van der Waals surface area contributed by atoms with Crippen LogP contribution in [0.1, 0.15) is 27.2 Å². The minimum absolute atomic E-state index is 0.133. The van der Waals surface area contributed by atoms with Gasteiger partial charge in [-0.1, -0.05) is 20.8 Å². The van der Waals surface area contributed by atoms with Gasteiger partial charge in [0.1, 0.15) is 24.1 Å². The average molecular weight is 381 g/mol. The molecule has 27 heavy (non-hydrogen) atoms. The molecule has 1 unspecified atom stereocenters. The van der Waals surface area contributed by atoms with E-state index in [1.165, 1.54) is 12.3 Å². The second kappa shape index (κ2) is 7.64. The van der Waals surface area contributed by atoms with Crippen LogP contribution in [0.3, 0.4) is 0 Å². The van der Waals surface area contributed by atoms with Gasteiger partial charge in [0.25, 0.3) is 0 Å². The SMILES string of the molecule is CC(C)(C)C1[C@H](OC(N)=O)C[C@H](OC(N)=O)CN1c1ccncc1[N+](=O)[O-]. The summed E-state index contributed by atoms with van der Waals surface area (Å²) in [6.45, 7) is 5.85. The zero-order valence-corrected chi connectivity index (χ0v) is 15.3. The summed E-state index contributed by atoms with van der Waals surface area (Å²) in [7, 11) is 0. The van der Waals surface area contributed by atoms with Gasteiger partial charge in [-0.25, -0.2) is 9.59 Å². The molecule has 2 rings (SSSR count). The van der Waals surface area contributed by atoms with Crippen LogP contribution < -0.4 is 16.4 Å². The maximum absolute atomic E-state index is 11.5. The van der Waals surface area contributed by atoms with Crippen molar-refractivity contribution in [3.05, 3.63) is 28.6 Å². The third-order valence-corrected chi connectivity index (χ3v) is 4.30. The largest absolute Gasteiger partial charge is 0.444 e. The first-order valence-corrected chi connectivity index (χ1v) is 8.28. The van der Waals surface area contributed by atoms with Gasteiger partial charge in [0.2, 0.25) is 0 Å². The summed E-state index contributed by atoms with van der Waals surface area (Å²) in [4.78, 5) is 39.0. The van der Waals surface area contributed by atoms with Gasteiger partial charge in [-0.2, -0.15) is 0 Å². The van der Waals surface area contributed by atoms with Crippen molar-refractivity contribution < 1.29 is 24.0 Å². The number of nitrogens with two attached hydrogens (primary N) is 2. The van der Waals surface area contributed by atoms with Crippen LogP contribution in [0.2, 0.25) is 0 Å². The fourth-order valence-electron chi connectivity index (χ4n) is 3.54. The molecule has 1 saturated heterocycles. The van der Waals surface area contributed by atoms with E-state index in [1.807, 2.05) is 20.8 Å². The van der Waals surface area contributed by atoms with Crippen LogP contribution in [0.5, 0.6) is 0 Å². The predicted octanol–water partition coefficient (Wildman–Crippen LogP) is 1.54. The molecule has 1 aromatic rings. The highest BCUT2D eigenvalue weighted by molar-refractivity contribution is 5.67. The molecule has 2 amide bonds. The minimum Gasteiger partial charge on any atom is -0.444 e. The summed E-state index contributed by atoms with van der Waals surface area (Å²) >= 11 is 0. The Balaban J connectivity index is 2.55. The maximum atomic E-state index is 11.5. The number of rotatable bonds is 4. The molecule has 2 heterocycles. The number of primary amides is 2. The van der Waals surface area contributed by atoms with Gasteiger partial charge in [0.15, 0.2) is 0 Å². The van der Waals surface area contributed by atoms with Crippen molar-refractivity contribution in [3.63, 3.8) is 0 Å². The maximum Gasteiger partial charge on any atom is 0.404 e. The molecule has 1 aromatic heterocycles. The quantitative estimate of drug-likeness (QED) is 0.585. The zero-order valence-electron chi connectivity index (χ0n) is 15.3. The molecule has 0 aliphatic carbocycles. The van der Waals surface area contributed by atoms with Crippen molar-refractivity contribution in [3.8, 4) is 0 Å². The van der Waals surface area contributed by atoms with E-state index in [0.29, 0.717) is 0 Å². The summed E-state index contributed by atoms with van der Waals surface area (Å²) in [5.74, 6) is 0. The Hall–Kier alpha value is -3.11. The van der Waals surface area contributed by atoms with Crippen LogP contribution >= 0.6 is 0 Å². The lowest BCUT2D eigenvalue weighted by Gasteiger charge is -2.49. The molecular formula is C16H23N5O6. The number of ether oxygens (including phenoxy) is 2. The lowest BCUT2D eigenvalue weighted by atomic mass is 9.78. The van der Waals surface area contributed by atoms with E-state index >= 15 is 0 Å². The number of carbonyl (C=O) groups excluding carboxylic acids is 2. The molecule has 0 spiro atoms. The number of aromatic nitrogens is 1. The Morgan fingerprint density at radius 2 is 1.93 bits per heavy atom. The van der Waals surface area contributed by atoms with Crippen LogP contribution in [-0.2, 0) is 9.47 Å². The summed E-state index contributed by atoms with van der Waals surface area (Å²) in [5, 5.41) is 11.5. The molecule has 0 saturated carbocycles. The third-order valence-electron chi connectivity index (χ3n) is 4.30. The van der Waals surface area contributed by atoms with Crippen molar-refractivity contribution in [1.29, 1.82) is 0 Å². The third kappa shape index (κ3) is 4.74. The monoisotopic (exact) mass is 381 g/mol. The molecular weight excluding hydrogens is 358 g/mol. The van der Waals surface area contributed by atoms with E-state index in [2.05, 4.69) is 4.98 Å². The fraction of sp³-hybridized carbons (Fsp3) is 0.562. The second-order valence-corrected chi connectivity index (χ2v) is 7.35. The van der Waals surface area contributed by atoms with Crippen molar-refractivity contribution in [2.75, 3.05) is 11.4 Å². The zero-order chi connectivity index (χ0) is 20.4. The van der Waals surface area contributed by atoms with Gasteiger partial charge < -0.3 is 25.8 Å². The van der Waals surface area contributed by atoms with E-state index in [0.717, 1.165) is 6.20 Å². The molecule has 1 aliphatic heterocycles. The lowest BCUT2D eigenvalue weighted by molar-refractivity contribution is -0.384. The van der Waals surface area contributed by atoms with E-state index in [-0.39, 0.29) is 24.3 Å². The normalized spacial score (nSPS) is 22.8. The molecule has 0 radical (unpaired) electrons. The summed E-state index contributed by atoms with van der Waals surface area (Å²) in [6, 6.07) is 1.02. The Labute approximate surface area is 155 Å². The number of pyridine rings is 1. The fourth-order valence-corrected chi connectivity index (χ4v) is 3.54. The molecule has 4 N–H and O–H groups in total. The van der Waals surface area contributed by atoms with Gasteiger partial charge in [0.05, 0.1) is 17.5 Å². The Bertz CT molecular complexity index is 734. The van der Waals surface area contributed by atoms with Crippen molar-refractivity contribution in [1.82, 2.24) is 4.98 Å². The first kappa shape index (κ1) is 20.2. The van der Waals surface area contributed by atoms with Gasteiger partial charge in [-0.3, -0.25) is 15.1 Å². The highest BCUT2D eigenvalue weighted by Gasteiger charge is 2.47. The summed E-state index contributed by atoms with van der Waals surface area (Å²) in [6.07, 6.45) is -0.758. The van der Waals surface area contributed by atoms with Gasteiger partial charge >= 0.3 is 17.9 Å². The van der Waals surface area contributed by atoms with Crippen LogP contribution in [0.15, 0.2) is 18.5 Å². The van der Waals surface area contributed by atoms with Crippen LogP contribution in [0.25, 0.3) is 0 Å². The molecule has 11 heteroatoms. The molecule has 1 fully saturated rings. The number of hydrogen-bond donors (Lipinski definition) is 2. The van der Waals surface area contributed by atoms with Gasteiger partial charge in [-0.05, 0) is 11.5 Å². The van der Waals surface area contributed by atoms with E-state index < -0.39 is 40.8 Å². The topological polar surface area (TPSA) is 164 Å². The Kier molecular flexibility index (Phi) is 5.72. The molecule has 1 aliphatic rings. The number of amides is 2. The number of nitro groups is 1. The standard InChI is InChI=1S/C16H23N5O6/c1-16(2,3)13-12(27-15(18)23)6-9(26-14(17)22)8-20(13)10-4-5-19-7-11(10)21(24)25/h4-5,7,9,12-13H,6,8H2,1-3H3,(H2,17,22)(H2,18,23)/t9-,12+,13?/m0/s1. The number of piperidine rings is 1. The van der Waals surface area contributed by atoms with Gasteiger partial charge in [0, 0.05) is 12.6 Å². The first-order valence-electron chi connectivity index (χ1n) is 8.28. The minimum atomic E-state index is -0.990. The number of hydrogen-bond acceptors (Lipinski definition) is 8. The molecule has 3 atom stereocenters. The van der Waals surface area contributed by atoms with Gasteiger partial charge in [-0.15, -0.1) is 0 Å². The van der Waals surface area contributed by atoms with E-state index in [1.54, 1.807) is 4.90 Å². The average Bonchev–Trinajstić information content (AvgIpc) is 2.51. The smallest absolute Gasteiger partial charge is 0.404 e. The molecule has 11 nitrogen and oxygen atoms in total. The summed E-state index contributed by atoms with van der Waals surface area (Å²) in [5.41, 5.74) is 9.92. The highest BCUT2D eigenvalue weighted by atomic mass is 16.6. The van der Waals surface area contributed by atoms with Crippen LogP contribution in [-0.4, -0.2) is 46.9 Å². The Morgan fingerprint density at radius 3 is 2.44 bits per heavy atom. The number of nitrogens with zero attached hydrogens (tertiary/aromatic N) is 3. The van der Waals surface area contributed by atoms with Crippen molar-refractivity contribution >= 4 is 23.6 Å². The predicted molar refractivity (Wildman–Crippen MR) is 95.0 cm³/mol. The highest BCUT2D eigenvalue weighted by Crippen LogP contribution is 2.40. The van der Waals surface area contributed by atoms with Crippen LogP contribution in [0, 0.1) is 15.5 Å². The van der Waals surface area contributed by atoms with Crippen LogP contribution in [0.4, 0.5) is 21.0 Å². The first-order chi connectivity index (χ1) is 12.5. The van der Waals surface area contributed by atoms with E-state index in [9.17, 15) is 19.7 Å². The van der Waals surface area contributed by atoms with E-state index in [4.69, 9.17) is 20.9 Å². The van der Waals surface area contributed by atoms with Crippen molar-refractivity contribution in [2.45, 2.75) is 45.4 Å². The van der Waals surface area contributed by atoms with Crippen molar-refractivity contribution in [2.24, 2.45) is 16.9 Å². The second-order valence-electron chi connectivity index (χ2n) is 7.35. The lowest BCUT2D eigenvalue weighted by Crippen LogP contribution is -2.61. The molecule has 148 valence electrons. The summed E-state index contributed by atoms with van der Waals surface area (Å²) < 4.78 is 10.4. The molecule has 0 aromatic carbocycles. The molecule has 0 bridgehead atoms. The number of carbonyl (C=O) groups is 2. The number of anilines is 1.